The van der Waals surface area contributed by atoms with E-state index >= 15 is 0 Å². The van der Waals surface area contributed by atoms with Crippen LogP contribution in [0.15, 0.2) is 29.4 Å². The monoisotopic (exact) mass is 387 g/mol. The Bertz CT molecular complexity index is 805. The Morgan fingerprint density at radius 3 is 2.52 bits per heavy atom. The molecule has 2 heterocycles. The highest BCUT2D eigenvalue weighted by Crippen LogP contribution is 2.31. The quantitative estimate of drug-likeness (QED) is 0.560. The minimum Gasteiger partial charge on any atom is -0.486 e. The first-order valence-corrected chi connectivity index (χ1v) is 10.1. The number of thioether (sulfide) groups is 1. The van der Waals surface area contributed by atoms with Gasteiger partial charge in [0.1, 0.15) is 6.61 Å². The molecule has 0 radical (unpaired) electrons. The summed E-state index contributed by atoms with van der Waals surface area (Å²) >= 11 is 1.37. The molecule has 0 saturated heterocycles. The van der Waals surface area contributed by atoms with E-state index in [4.69, 9.17) is 9.47 Å². The molecule has 3 rings (SSSR count). The molecule has 0 aliphatic carbocycles. The Morgan fingerprint density at radius 1 is 1.19 bits per heavy atom. The van der Waals surface area contributed by atoms with Crippen LogP contribution in [0.5, 0.6) is 11.5 Å². The summed E-state index contributed by atoms with van der Waals surface area (Å²) in [6.07, 6.45) is -0.172. The van der Waals surface area contributed by atoms with Gasteiger partial charge in [0.2, 0.25) is 5.91 Å². The van der Waals surface area contributed by atoms with Crippen molar-refractivity contribution in [2.45, 2.75) is 39.0 Å². The van der Waals surface area contributed by atoms with Gasteiger partial charge in [0, 0.05) is 17.9 Å². The second-order valence-corrected chi connectivity index (χ2v) is 7.46. The maximum atomic E-state index is 12.7. The fraction of sp³-hybridized carbons (Fsp3) is 0.450. The third-order valence-corrected chi connectivity index (χ3v) is 5.49. The first-order chi connectivity index (χ1) is 13.0. The number of hydrogen-bond acceptors (Lipinski definition) is 6. The zero-order chi connectivity index (χ0) is 19.4. The molecule has 1 aromatic carbocycles. The Kier molecular flexibility index (Phi) is 6.21. The van der Waals surface area contributed by atoms with Crippen LogP contribution in [-0.4, -0.2) is 52.3 Å². The van der Waals surface area contributed by atoms with Crippen molar-refractivity contribution in [1.29, 1.82) is 0 Å². The van der Waals surface area contributed by atoms with Gasteiger partial charge in [-0.1, -0.05) is 23.9 Å². The highest BCUT2D eigenvalue weighted by Gasteiger charge is 2.25. The van der Waals surface area contributed by atoms with E-state index in [1.165, 1.54) is 11.8 Å². The molecule has 7 heteroatoms. The van der Waals surface area contributed by atoms with Crippen LogP contribution in [-0.2, 0) is 4.79 Å². The van der Waals surface area contributed by atoms with Crippen molar-refractivity contribution in [1.82, 2.24) is 14.9 Å². The highest BCUT2D eigenvalue weighted by atomic mass is 32.2. The van der Waals surface area contributed by atoms with Crippen molar-refractivity contribution in [3.63, 3.8) is 0 Å². The van der Waals surface area contributed by atoms with Crippen molar-refractivity contribution in [3.05, 3.63) is 41.2 Å². The molecule has 1 amide bonds. The first kappa shape index (κ1) is 19.5. The maximum Gasteiger partial charge on any atom is 0.233 e. The molecule has 1 atom stereocenters. The Balaban J connectivity index is 1.57. The second-order valence-electron chi connectivity index (χ2n) is 6.52. The maximum absolute atomic E-state index is 12.7. The van der Waals surface area contributed by atoms with E-state index in [2.05, 4.69) is 9.97 Å². The molecule has 1 aliphatic heterocycles. The van der Waals surface area contributed by atoms with Crippen LogP contribution < -0.4 is 9.47 Å². The molecule has 2 aromatic rings. The number of rotatable bonds is 6. The Morgan fingerprint density at radius 2 is 1.85 bits per heavy atom. The van der Waals surface area contributed by atoms with Gasteiger partial charge in [-0.05, 0) is 45.4 Å². The molecular weight excluding hydrogens is 362 g/mol. The molecular formula is C20H25N3O3S. The number of aromatic nitrogens is 2. The molecule has 0 unspecified atom stereocenters. The van der Waals surface area contributed by atoms with E-state index in [0.717, 1.165) is 28.5 Å². The van der Waals surface area contributed by atoms with Crippen molar-refractivity contribution in [2.24, 2.45) is 0 Å². The largest absolute Gasteiger partial charge is 0.486 e. The van der Waals surface area contributed by atoms with Gasteiger partial charge in [-0.15, -0.1) is 0 Å². The molecule has 0 N–H and O–H groups in total. The van der Waals surface area contributed by atoms with Gasteiger partial charge >= 0.3 is 0 Å². The molecule has 6 nitrogen and oxygen atoms in total. The predicted molar refractivity (Wildman–Crippen MR) is 106 cm³/mol. The van der Waals surface area contributed by atoms with Gasteiger partial charge in [-0.25, -0.2) is 9.97 Å². The lowest BCUT2D eigenvalue weighted by Crippen LogP contribution is -2.44. The van der Waals surface area contributed by atoms with Crippen LogP contribution in [0.2, 0.25) is 0 Å². The van der Waals surface area contributed by atoms with Gasteiger partial charge in [0.25, 0.3) is 0 Å². The summed E-state index contributed by atoms with van der Waals surface area (Å²) in [5.74, 6) is 1.83. The lowest BCUT2D eigenvalue weighted by atomic mass is 10.2. The number of ether oxygens (including phenoxy) is 2. The first-order valence-electron chi connectivity index (χ1n) is 9.08. The van der Waals surface area contributed by atoms with Crippen molar-refractivity contribution in [2.75, 3.05) is 25.4 Å². The number of likely N-dealkylation sites (N-methyl/N-ethyl adjacent to an activating group) is 1. The summed E-state index contributed by atoms with van der Waals surface area (Å²) < 4.78 is 11.7. The zero-order valence-corrected chi connectivity index (χ0v) is 17.0. The van der Waals surface area contributed by atoms with E-state index in [-0.39, 0.29) is 12.0 Å². The molecule has 0 saturated carbocycles. The van der Waals surface area contributed by atoms with E-state index in [1.807, 2.05) is 52.0 Å². The summed E-state index contributed by atoms with van der Waals surface area (Å²) in [5, 5.41) is 0.645. The topological polar surface area (TPSA) is 64.6 Å². The predicted octanol–water partition coefficient (Wildman–Crippen LogP) is 3.18. The average molecular weight is 388 g/mol. The van der Waals surface area contributed by atoms with Crippen LogP contribution in [0, 0.1) is 20.8 Å². The Hall–Kier alpha value is -2.28. The SMILES string of the molecule is CCN(C[C@H]1COc2ccccc2O1)C(=O)CSc1nc(C)c(C)c(C)n1. The van der Waals surface area contributed by atoms with Gasteiger partial charge in [0.05, 0.1) is 12.3 Å². The Labute approximate surface area is 164 Å². The normalized spacial score (nSPS) is 15.5. The standard InChI is InChI=1S/C20H25N3O3S/c1-5-23(10-16-11-25-17-8-6-7-9-18(17)26-16)19(24)12-27-20-21-14(3)13(2)15(4)22-20/h6-9,16H,5,10-12H2,1-4H3/t16-/m0/s1. The number of amides is 1. The van der Waals surface area contributed by atoms with Crippen LogP contribution in [0.25, 0.3) is 0 Å². The van der Waals surface area contributed by atoms with Crippen LogP contribution >= 0.6 is 11.8 Å². The number of fused-ring (bicyclic) bond motifs is 1. The molecule has 1 aromatic heterocycles. The summed E-state index contributed by atoms with van der Waals surface area (Å²) in [7, 11) is 0. The number of aryl methyl sites for hydroxylation is 2. The molecule has 0 spiro atoms. The highest BCUT2D eigenvalue weighted by molar-refractivity contribution is 7.99. The molecule has 27 heavy (non-hydrogen) atoms. The lowest BCUT2D eigenvalue weighted by Gasteiger charge is -2.30. The molecule has 0 bridgehead atoms. The lowest BCUT2D eigenvalue weighted by molar-refractivity contribution is -0.129. The average Bonchev–Trinajstić information content (AvgIpc) is 2.68. The third kappa shape index (κ3) is 4.71. The van der Waals surface area contributed by atoms with E-state index in [0.29, 0.717) is 30.6 Å². The van der Waals surface area contributed by atoms with Gasteiger partial charge in [0.15, 0.2) is 22.8 Å². The number of hydrogen-bond donors (Lipinski definition) is 0. The van der Waals surface area contributed by atoms with Crippen LogP contribution in [0.1, 0.15) is 23.9 Å². The smallest absolute Gasteiger partial charge is 0.233 e. The van der Waals surface area contributed by atoms with Gasteiger partial charge in [-0.2, -0.15) is 0 Å². The summed E-state index contributed by atoms with van der Waals surface area (Å²) in [4.78, 5) is 23.4. The van der Waals surface area contributed by atoms with Gasteiger partial charge < -0.3 is 14.4 Å². The second kappa shape index (κ2) is 8.61. The summed E-state index contributed by atoms with van der Waals surface area (Å²) in [6, 6.07) is 7.60. The fourth-order valence-corrected chi connectivity index (χ4v) is 3.67. The van der Waals surface area contributed by atoms with Crippen molar-refractivity contribution >= 4 is 17.7 Å². The van der Waals surface area contributed by atoms with Crippen molar-refractivity contribution in [3.8, 4) is 11.5 Å². The number of benzene rings is 1. The van der Waals surface area contributed by atoms with Crippen LogP contribution in [0.4, 0.5) is 0 Å². The number of nitrogens with zero attached hydrogens (tertiary/aromatic N) is 3. The minimum atomic E-state index is -0.172. The van der Waals surface area contributed by atoms with E-state index in [9.17, 15) is 4.79 Å². The fourth-order valence-electron chi connectivity index (χ4n) is 2.83. The molecule has 0 fully saturated rings. The van der Waals surface area contributed by atoms with Crippen molar-refractivity contribution < 1.29 is 14.3 Å². The van der Waals surface area contributed by atoms with Gasteiger partial charge in [-0.3, -0.25) is 4.79 Å². The molecule has 1 aliphatic rings. The number of carbonyl (C=O) groups excluding carboxylic acids is 1. The van der Waals surface area contributed by atoms with Crippen LogP contribution in [0.3, 0.4) is 0 Å². The number of para-hydroxylation sites is 2. The molecule has 144 valence electrons. The van der Waals surface area contributed by atoms with E-state index in [1.54, 1.807) is 4.90 Å². The van der Waals surface area contributed by atoms with E-state index < -0.39 is 0 Å². The zero-order valence-electron chi connectivity index (χ0n) is 16.2. The minimum absolute atomic E-state index is 0.0458. The summed E-state index contributed by atoms with van der Waals surface area (Å²) in [5.41, 5.74) is 3.00. The number of carbonyl (C=O) groups is 1. The third-order valence-electron chi connectivity index (χ3n) is 4.66. The summed E-state index contributed by atoms with van der Waals surface area (Å²) in [6.45, 7) is 9.46.